The number of benzene rings is 2. The number of nitrogens with zero attached hydrogens (tertiary/aromatic N) is 5. The van der Waals surface area contributed by atoms with Crippen molar-refractivity contribution in [2.75, 3.05) is 0 Å². The van der Waals surface area contributed by atoms with Crippen LogP contribution in [0.4, 0.5) is 4.39 Å². The Morgan fingerprint density at radius 2 is 1.88 bits per heavy atom. The van der Waals surface area contributed by atoms with Gasteiger partial charge in [-0.2, -0.15) is 10.4 Å². The Balaban J connectivity index is 1.67. The van der Waals surface area contributed by atoms with Gasteiger partial charge in [-0.25, -0.2) is 19.0 Å². The Bertz CT molecular complexity index is 1110. The molecule has 0 saturated heterocycles. The van der Waals surface area contributed by atoms with E-state index < -0.39 is 0 Å². The molecule has 0 aliphatic carbocycles. The molecule has 4 aromatic rings. The molecule has 2 aromatic carbocycles. The molecule has 0 saturated carbocycles. The molecule has 0 aliphatic heterocycles. The fourth-order valence-electron chi connectivity index (χ4n) is 2.61. The van der Waals surface area contributed by atoms with E-state index in [-0.39, 0.29) is 5.82 Å². The second-order valence-electron chi connectivity index (χ2n) is 5.51. The number of halogens is 1. The zero-order valence-corrected chi connectivity index (χ0v) is 14.3. The number of nitriles is 1. The van der Waals surface area contributed by atoms with Gasteiger partial charge in [0.05, 0.1) is 28.9 Å². The van der Waals surface area contributed by atoms with Crippen molar-refractivity contribution in [2.45, 2.75) is 10.8 Å². The third-order valence-corrected chi connectivity index (χ3v) is 4.96. The quantitative estimate of drug-likeness (QED) is 0.404. The number of hydrogen-bond acceptors (Lipinski definition) is 5. The molecule has 0 radical (unpaired) electrons. The van der Waals surface area contributed by atoms with Crippen LogP contribution in [0.25, 0.3) is 16.7 Å². The minimum Gasteiger partial charge on any atom is -0.229 e. The van der Waals surface area contributed by atoms with Crippen molar-refractivity contribution < 1.29 is 4.39 Å². The summed E-state index contributed by atoms with van der Waals surface area (Å²) in [5, 5.41) is 15.2. The summed E-state index contributed by atoms with van der Waals surface area (Å²) in [6.07, 6.45) is 3.19. The molecule has 26 heavy (non-hydrogen) atoms. The van der Waals surface area contributed by atoms with Crippen LogP contribution in [0.15, 0.2) is 66.1 Å². The minimum atomic E-state index is -0.299. The van der Waals surface area contributed by atoms with Crippen molar-refractivity contribution >= 4 is 22.8 Å². The summed E-state index contributed by atoms with van der Waals surface area (Å²) in [4.78, 5) is 8.67. The standard InChI is InChI=1S/C19H12FN5S/c20-15-5-7-16(8-6-15)25-18-17(10-24-25)19(23-12-22-18)26-11-14-4-2-1-3-13(14)9-21/h1-8,10,12H,11H2. The number of thioether (sulfide) groups is 1. The summed E-state index contributed by atoms with van der Waals surface area (Å²) in [5.41, 5.74) is 3.00. The predicted octanol–water partition coefficient (Wildman–Crippen LogP) is 4.12. The van der Waals surface area contributed by atoms with E-state index in [0.717, 1.165) is 21.7 Å². The molecule has 0 N–H and O–H groups in total. The molecule has 4 rings (SSSR count). The molecule has 0 spiro atoms. The van der Waals surface area contributed by atoms with Crippen molar-refractivity contribution in [3.8, 4) is 11.8 Å². The Morgan fingerprint density at radius 1 is 1.08 bits per heavy atom. The molecule has 0 fully saturated rings. The second-order valence-corrected chi connectivity index (χ2v) is 6.47. The fourth-order valence-corrected chi connectivity index (χ4v) is 3.58. The van der Waals surface area contributed by atoms with Gasteiger partial charge in [-0.05, 0) is 35.9 Å². The first-order valence-corrected chi connectivity index (χ1v) is 8.80. The van der Waals surface area contributed by atoms with E-state index in [1.165, 1.54) is 30.2 Å². The summed E-state index contributed by atoms with van der Waals surface area (Å²) in [6, 6.07) is 15.8. The van der Waals surface area contributed by atoms with Crippen LogP contribution in [0.1, 0.15) is 11.1 Å². The van der Waals surface area contributed by atoms with Gasteiger partial charge >= 0.3 is 0 Å². The fraction of sp³-hybridized carbons (Fsp3) is 0.0526. The maximum absolute atomic E-state index is 13.1. The summed E-state index contributed by atoms with van der Waals surface area (Å²) in [5.74, 6) is 0.324. The molecule has 5 nitrogen and oxygen atoms in total. The highest BCUT2D eigenvalue weighted by atomic mass is 32.2. The van der Waals surface area contributed by atoms with E-state index in [1.807, 2.05) is 18.2 Å². The maximum atomic E-state index is 13.1. The molecule has 0 aliphatic rings. The highest BCUT2D eigenvalue weighted by molar-refractivity contribution is 7.98. The van der Waals surface area contributed by atoms with Crippen molar-refractivity contribution in [3.63, 3.8) is 0 Å². The first kappa shape index (κ1) is 16.2. The van der Waals surface area contributed by atoms with E-state index >= 15 is 0 Å². The Labute approximate surface area is 153 Å². The largest absolute Gasteiger partial charge is 0.229 e. The van der Waals surface area contributed by atoms with Crippen LogP contribution in [0.5, 0.6) is 0 Å². The lowest BCUT2D eigenvalue weighted by Gasteiger charge is -2.05. The smallest absolute Gasteiger partial charge is 0.167 e. The Morgan fingerprint density at radius 3 is 2.69 bits per heavy atom. The SMILES string of the molecule is N#Cc1ccccc1CSc1ncnc2c1cnn2-c1ccc(F)cc1. The van der Waals surface area contributed by atoms with Gasteiger partial charge in [0, 0.05) is 5.75 Å². The van der Waals surface area contributed by atoms with Crippen LogP contribution in [0.2, 0.25) is 0 Å². The van der Waals surface area contributed by atoms with Gasteiger partial charge in [0.1, 0.15) is 17.2 Å². The molecule has 0 unspecified atom stereocenters. The van der Waals surface area contributed by atoms with E-state index in [1.54, 1.807) is 29.1 Å². The lowest BCUT2D eigenvalue weighted by atomic mass is 10.1. The van der Waals surface area contributed by atoms with Crippen LogP contribution >= 0.6 is 11.8 Å². The number of fused-ring (bicyclic) bond motifs is 1. The van der Waals surface area contributed by atoms with E-state index in [2.05, 4.69) is 21.1 Å². The lowest BCUT2D eigenvalue weighted by Crippen LogP contribution is -1.98. The highest BCUT2D eigenvalue weighted by Crippen LogP contribution is 2.29. The molecule has 2 heterocycles. The van der Waals surface area contributed by atoms with Crippen molar-refractivity contribution in [1.29, 1.82) is 5.26 Å². The molecule has 0 amide bonds. The van der Waals surface area contributed by atoms with Gasteiger partial charge in [0.2, 0.25) is 0 Å². The molecule has 7 heteroatoms. The van der Waals surface area contributed by atoms with Crippen molar-refractivity contribution in [1.82, 2.24) is 19.7 Å². The Kier molecular flexibility index (Phi) is 4.33. The zero-order valence-electron chi connectivity index (χ0n) is 13.5. The third kappa shape index (κ3) is 3.03. The second kappa shape index (κ2) is 6.94. The highest BCUT2D eigenvalue weighted by Gasteiger charge is 2.12. The van der Waals surface area contributed by atoms with Crippen molar-refractivity contribution in [3.05, 3.63) is 78.0 Å². The van der Waals surface area contributed by atoms with Gasteiger partial charge in [0.25, 0.3) is 0 Å². The average molecular weight is 361 g/mol. The number of rotatable bonds is 4. The van der Waals surface area contributed by atoms with Crippen molar-refractivity contribution in [2.24, 2.45) is 0 Å². The molecule has 0 atom stereocenters. The normalized spacial score (nSPS) is 10.8. The van der Waals surface area contributed by atoms with Gasteiger partial charge in [-0.1, -0.05) is 18.2 Å². The van der Waals surface area contributed by atoms with E-state index in [4.69, 9.17) is 0 Å². The van der Waals surface area contributed by atoms with Crippen LogP contribution in [0, 0.1) is 17.1 Å². The summed E-state index contributed by atoms with van der Waals surface area (Å²) >= 11 is 1.53. The van der Waals surface area contributed by atoms with E-state index in [9.17, 15) is 9.65 Å². The van der Waals surface area contributed by atoms with Gasteiger partial charge in [-0.3, -0.25) is 0 Å². The topological polar surface area (TPSA) is 67.4 Å². The van der Waals surface area contributed by atoms with Crippen LogP contribution < -0.4 is 0 Å². The van der Waals surface area contributed by atoms with Crippen LogP contribution in [0.3, 0.4) is 0 Å². The number of aromatic nitrogens is 4. The monoisotopic (exact) mass is 361 g/mol. The maximum Gasteiger partial charge on any atom is 0.167 e. The molecule has 126 valence electrons. The summed E-state index contributed by atoms with van der Waals surface area (Å²) in [6.45, 7) is 0. The molecular formula is C19H12FN5S. The lowest BCUT2D eigenvalue weighted by molar-refractivity contribution is 0.627. The third-order valence-electron chi connectivity index (χ3n) is 3.90. The van der Waals surface area contributed by atoms with E-state index in [0.29, 0.717) is 17.0 Å². The van der Waals surface area contributed by atoms with Gasteiger partial charge in [-0.15, -0.1) is 11.8 Å². The minimum absolute atomic E-state index is 0.299. The first-order valence-electron chi connectivity index (χ1n) is 7.82. The first-order chi connectivity index (χ1) is 12.8. The summed E-state index contributed by atoms with van der Waals surface area (Å²) in [7, 11) is 0. The van der Waals surface area contributed by atoms with Gasteiger partial charge < -0.3 is 0 Å². The predicted molar refractivity (Wildman–Crippen MR) is 97.3 cm³/mol. The van der Waals surface area contributed by atoms with Crippen LogP contribution in [-0.2, 0) is 5.75 Å². The van der Waals surface area contributed by atoms with Crippen LogP contribution in [-0.4, -0.2) is 19.7 Å². The summed E-state index contributed by atoms with van der Waals surface area (Å²) < 4.78 is 14.8. The zero-order chi connectivity index (χ0) is 17.9. The molecular weight excluding hydrogens is 349 g/mol. The molecule has 0 bridgehead atoms. The van der Waals surface area contributed by atoms with Gasteiger partial charge in [0.15, 0.2) is 5.65 Å². The molecule has 2 aromatic heterocycles. The number of hydrogen-bond donors (Lipinski definition) is 0. The average Bonchev–Trinajstić information content (AvgIpc) is 3.12. The Hall–Kier alpha value is -3.24.